The molecule has 0 spiro atoms. The number of rotatable bonds is 4. The molecule has 1 aliphatic heterocycles. The van der Waals surface area contributed by atoms with Gasteiger partial charge in [0.2, 0.25) is 0 Å². The Balaban J connectivity index is 2.28. The summed E-state index contributed by atoms with van der Waals surface area (Å²) in [6.45, 7) is 1.19. The van der Waals surface area contributed by atoms with Crippen LogP contribution in [0.4, 0.5) is 11.4 Å². The molecule has 0 radical (unpaired) electrons. The number of nitrogens with zero attached hydrogens (tertiary/aromatic N) is 2. The second-order valence-corrected chi connectivity index (χ2v) is 4.71. The number of methoxy groups -OCH3 is 1. The molecule has 1 aromatic carbocycles. The van der Waals surface area contributed by atoms with E-state index in [-0.39, 0.29) is 22.8 Å². The van der Waals surface area contributed by atoms with Crippen LogP contribution in [0.1, 0.15) is 12.8 Å². The molecular formula is C13H19N3O3. The number of para-hydroxylation sites is 2. The third-order valence-electron chi connectivity index (χ3n) is 3.66. The number of hydrogen-bond donors (Lipinski definition) is 1. The Hall–Kier alpha value is -1.66. The van der Waals surface area contributed by atoms with Crippen molar-refractivity contribution in [2.75, 3.05) is 25.1 Å². The third kappa shape index (κ3) is 2.85. The summed E-state index contributed by atoms with van der Waals surface area (Å²) >= 11 is 0. The van der Waals surface area contributed by atoms with E-state index in [0.29, 0.717) is 12.2 Å². The molecule has 1 aromatic rings. The van der Waals surface area contributed by atoms with Crippen LogP contribution in [0.15, 0.2) is 24.3 Å². The molecule has 1 fully saturated rings. The molecule has 0 aliphatic carbocycles. The zero-order chi connectivity index (χ0) is 13.8. The van der Waals surface area contributed by atoms with Crippen LogP contribution in [0.25, 0.3) is 0 Å². The van der Waals surface area contributed by atoms with E-state index in [1.165, 1.54) is 6.07 Å². The van der Waals surface area contributed by atoms with E-state index in [1.54, 1.807) is 19.2 Å². The van der Waals surface area contributed by atoms with Crippen LogP contribution in [0.2, 0.25) is 0 Å². The van der Waals surface area contributed by atoms with Crippen molar-refractivity contribution in [3.05, 3.63) is 34.4 Å². The maximum Gasteiger partial charge on any atom is 0.292 e. The van der Waals surface area contributed by atoms with Crippen molar-refractivity contribution in [2.45, 2.75) is 25.0 Å². The van der Waals surface area contributed by atoms with E-state index in [1.807, 2.05) is 11.0 Å². The van der Waals surface area contributed by atoms with Gasteiger partial charge in [-0.1, -0.05) is 12.1 Å². The van der Waals surface area contributed by atoms with Gasteiger partial charge in [0.1, 0.15) is 5.69 Å². The van der Waals surface area contributed by atoms with E-state index in [2.05, 4.69) is 0 Å². The number of anilines is 1. The fourth-order valence-electron chi connectivity index (χ4n) is 2.63. The van der Waals surface area contributed by atoms with Crippen LogP contribution >= 0.6 is 0 Å². The highest BCUT2D eigenvalue weighted by Gasteiger charge is 2.31. The van der Waals surface area contributed by atoms with Gasteiger partial charge in [-0.2, -0.15) is 0 Å². The third-order valence-corrected chi connectivity index (χ3v) is 3.66. The zero-order valence-electron chi connectivity index (χ0n) is 11.0. The predicted octanol–water partition coefficient (Wildman–Crippen LogP) is 1.54. The fourth-order valence-corrected chi connectivity index (χ4v) is 2.63. The number of nitrogens with two attached hydrogens (primary N) is 1. The van der Waals surface area contributed by atoms with Crippen molar-refractivity contribution >= 4 is 11.4 Å². The monoisotopic (exact) mass is 265 g/mol. The Bertz CT molecular complexity index is 453. The molecule has 0 bridgehead atoms. The van der Waals surface area contributed by atoms with Gasteiger partial charge in [-0.05, 0) is 18.9 Å². The molecule has 0 saturated carbocycles. The normalized spacial score (nSPS) is 23.4. The quantitative estimate of drug-likeness (QED) is 0.659. The minimum Gasteiger partial charge on any atom is -0.381 e. The van der Waals surface area contributed by atoms with Crippen molar-refractivity contribution < 1.29 is 9.66 Å². The van der Waals surface area contributed by atoms with Crippen LogP contribution in [0.3, 0.4) is 0 Å². The van der Waals surface area contributed by atoms with Gasteiger partial charge in [0.05, 0.1) is 11.0 Å². The molecule has 0 aromatic heterocycles. The first-order chi connectivity index (χ1) is 9.17. The summed E-state index contributed by atoms with van der Waals surface area (Å²) in [6.07, 6.45) is 1.85. The van der Waals surface area contributed by atoms with Gasteiger partial charge in [0, 0.05) is 32.3 Å². The van der Waals surface area contributed by atoms with Gasteiger partial charge in [0.25, 0.3) is 5.69 Å². The molecule has 2 atom stereocenters. The van der Waals surface area contributed by atoms with Gasteiger partial charge in [0.15, 0.2) is 0 Å². The lowest BCUT2D eigenvalue weighted by atomic mass is 9.98. The van der Waals surface area contributed by atoms with E-state index in [4.69, 9.17) is 10.5 Å². The van der Waals surface area contributed by atoms with Crippen LogP contribution in [0.5, 0.6) is 0 Å². The van der Waals surface area contributed by atoms with Crippen LogP contribution < -0.4 is 10.6 Å². The first-order valence-electron chi connectivity index (χ1n) is 6.40. The van der Waals surface area contributed by atoms with E-state index in [0.717, 1.165) is 19.4 Å². The SMILES string of the molecule is COC1CCN(c2ccccc2[N+](=O)[O-])C(CN)C1. The number of piperidine rings is 1. The number of nitro groups is 1. The topological polar surface area (TPSA) is 81.6 Å². The Morgan fingerprint density at radius 3 is 2.89 bits per heavy atom. The number of nitro benzene ring substituents is 1. The zero-order valence-corrected chi connectivity index (χ0v) is 11.0. The van der Waals surface area contributed by atoms with Gasteiger partial charge in [-0.3, -0.25) is 10.1 Å². The highest BCUT2D eigenvalue weighted by atomic mass is 16.6. The average molecular weight is 265 g/mol. The van der Waals surface area contributed by atoms with Gasteiger partial charge in [-0.25, -0.2) is 0 Å². The number of ether oxygens (including phenoxy) is 1. The van der Waals surface area contributed by atoms with E-state index < -0.39 is 0 Å². The van der Waals surface area contributed by atoms with Gasteiger partial charge < -0.3 is 15.4 Å². The Morgan fingerprint density at radius 1 is 1.53 bits per heavy atom. The molecule has 104 valence electrons. The maximum absolute atomic E-state index is 11.1. The standard InChI is InChI=1S/C13H19N3O3/c1-19-11-6-7-15(10(8-11)9-14)12-4-2-3-5-13(12)16(17)18/h2-5,10-11H,6-9,14H2,1H3. The molecule has 19 heavy (non-hydrogen) atoms. The van der Waals surface area contributed by atoms with Crippen molar-refractivity contribution in [2.24, 2.45) is 5.73 Å². The summed E-state index contributed by atoms with van der Waals surface area (Å²) in [5.74, 6) is 0. The van der Waals surface area contributed by atoms with Gasteiger partial charge in [-0.15, -0.1) is 0 Å². The highest BCUT2D eigenvalue weighted by Crippen LogP contribution is 2.32. The Morgan fingerprint density at radius 2 is 2.26 bits per heavy atom. The van der Waals surface area contributed by atoms with Crippen molar-refractivity contribution in [1.29, 1.82) is 0 Å². The lowest BCUT2D eigenvalue weighted by Crippen LogP contribution is -2.48. The number of hydrogen-bond acceptors (Lipinski definition) is 5. The van der Waals surface area contributed by atoms with Crippen molar-refractivity contribution in [3.8, 4) is 0 Å². The molecule has 6 heteroatoms. The first-order valence-corrected chi connectivity index (χ1v) is 6.40. The Kier molecular flexibility index (Phi) is 4.34. The summed E-state index contributed by atoms with van der Waals surface area (Å²) in [5, 5.41) is 11.1. The average Bonchev–Trinajstić information content (AvgIpc) is 2.46. The molecule has 2 unspecified atom stereocenters. The molecule has 1 aliphatic rings. The summed E-state index contributed by atoms with van der Waals surface area (Å²) in [6, 6.07) is 6.90. The van der Waals surface area contributed by atoms with Crippen molar-refractivity contribution in [3.63, 3.8) is 0 Å². The van der Waals surface area contributed by atoms with Crippen LogP contribution in [-0.4, -0.2) is 37.3 Å². The maximum atomic E-state index is 11.1. The number of benzene rings is 1. The predicted molar refractivity (Wildman–Crippen MR) is 73.3 cm³/mol. The summed E-state index contributed by atoms with van der Waals surface area (Å²) in [7, 11) is 1.69. The van der Waals surface area contributed by atoms with E-state index >= 15 is 0 Å². The first kappa shape index (κ1) is 13.8. The molecular weight excluding hydrogens is 246 g/mol. The molecule has 1 saturated heterocycles. The lowest BCUT2D eigenvalue weighted by molar-refractivity contribution is -0.384. The fraction of sp³-hybridized carbons (Fsp3) is 0.538. The second kappa shape index (κ2) is 5.99. The summed E-state index contributed by atoms with van der Waals surface area (Å²) < 4.78 is 5.37. The van der Waals surface area contributed by atoms with Gasteiger partial charge >= 0.3 is 0 Å². The molecule has 2 N–H and O–H groups in total. The molecule has 2 rings (SSSR count). The smallest absolute Gasteiger partial charge is 0.292 e. The van der Waals surface area contributed by atoms with E-state index in [9.17, 15) is 10.1 Å². The minimum atomic E-state index is -0.342. The van der Waals surface area contributed by atoms with Crippen LogP contribution in [0, 0.1) is 10.1 Å². The Labute approximate surface area is 112 Å². The molecule has 6 nitrogen and oxygen atoms in total. The minimum absolute atomic E-state index is 0.0831. The van der Waals surface area contributed by atoms with Crippen LogP contribution in [-0.2, 0) is 4.74 Å². The largest absolute Gasteiger partial charge is 0.381 e. The lowest BCUT2D eigenvalue weighted by Gasteiger charge is -2.39. The van der Waals surface area contributed by atoms with Crippen molar-refractivity contribution in [1.82, 2.24) is 0 Å². The second-order valence-electron chi connectivity index (χ2n) is 4.71. The molecule has 1 heterocycles. The summed E-state index contributed by atoms with van der Waals surface area (Å²) in [4.78, 5) is 12.8. The summed E-state index contributed by atoms with van der Waals surface area (Å²) in [5.41, 5.74) is 6.59. The highest BCUT2D eigenvalue weighted by molar-refractivity contribution is 5.63. The molecule has 0 amide bonds.